The number of carbonyl (C=O) groups is 3. The predicted molar refractivity (Wildman–Crippen MR) is 176 cm³/mol. The second-order valence-corrected chi connectivity index (χ2v) is 14.7. The fraction of sp³-hybridized carbons (Fsp3) is 0.543. The number of esters is 1. The van der Waals surface area contributed by atoms with E-state index in [-0.39, 0.29) is 35.8 Å². The Hall–Kier alpha value is -2.90. The zero-order chi connectivity index (χ0) is 32.4. The molecule has 0 bridgehead atoms. The quantitative estimate of drug-likeness (QED) is 0.282. The van der Waals surface area contributed by atoms with Crippen molar-refractivity contribution in [2.75, 3.05) is 13.7 Å². The van der Waals surface area contributed by atoms with Gasteiger partial charge in [-0.3, -0.25) is 19.4 Å². The van der Waals surface area contributed by atoms with E-state index in [0.717, 1.165) is 37.7 Å². The molecule has 7 nitrogen and oxygen atoms in total. The van der Waals surface area contributed by atoms with Crippen molar-refractivity contribution >= 4 is 46.7 Å². The van der Waals surface area contributed by atoms with Crippen LogP contribution in [-0.2, 0) is 14.3 Å². The SMILES string of the molecule is COC(=O)[C@H](C)CNC(=O)c1ccc([C@@H](CC(C)C)N2C(=O)C(c3cc(Cl)cc(Cl)c3)=NC23CCC(C(C)(C)C)CC3)cc1. The Labute approximate surface area is 271 Å². The van der Waals surface area contributed by atoms with Crippen LogP contribution in [0, 0.1) is 23.2 Å². The van der Waals surface area contributed by atoms with E-state index in [4.69, 9.17) is 32.9 Å². The van der Waals surface area contributed by atoms with Crippen molar-refractivity contribution < 1.29 is 19.1 Å². The summed E-state index contributed by atoms with van der Waals surface area (Å²) in [4.78, 5) is 46.4. The third-order valence-corrected chi connectivity index (χ3v) is 9.51. The van der Waals surface area contributed by atoms with Gasteiger partial charge >= 0.3 is 5.97 Å². The Kier molecular flexibility index (Phi) is 10.5. The Morgan fingerprint density at radius 2 is 1.64 bits per heavy atom. The van der Waals surface area contributed by atoms with Crippen LogP contribution >= 0.6 is 23.2 Å². The van der Waals surface area contributed by atoms with Crippen molar-refractivity contribution in [2.45, 2.75) is 85.4 Å². The third-order valence-electron chi connectivity index (χ3n) is 9.07. The maximum Gasteiger partial charge on any atom is 0.310 e. The van der Waals surface area contributed by atoms with Gasteiger partial charge in [0.2, 0.25) is 0 Å². The largest absolute Gasteiger partial charge is 0.469 e. The summed E-state index contributed by atoms with van der Waals surface area (Å²) in [7, 11) is 1.33. The van der Waals surface area contributed by atoms with Gasteiger partial charge in [0.1, 0.15) is 11.4 Å². The lowest BCUT2D eigenvalue weighted by molar-refractivity contribution is -0.144. The highest BCUT2D eigenvalue weighted by Crippen LogP contribution is 2.50. The molecule has 1 saturated carbocycles. The molecule has 1 aliphatic carbocycles. The van der Waals surface area contributed by atoms with E-state index in [1.807, 2.05) is 17.0 Å². The molecule has 2 aliphatic rings. The van der Waals surface area contributed by atoms with E-state index in [0.29, 0.717) is 38.7 Å². The molecular formula is C35H45Cl2N3O4. The van der Waals surface area contributed by atoms with Crippen molar-refractivity contribution in [3.63, 3.8) is 0 Å². The Bertz CT molecular complexity index is 1390. The number of aliphatic imine (C=N–C) groups is 1. The van der Waals surface area contributed by atoms with Crippen LogP contribution in [0.5, 0.6) is 0 Å². The number of amides is 2. The minimum absolute atomic E-state index is 0.123. The van der Waals surface area contributed by atoms with Crippen molar-refractivity contribution in [3.8, 4) is 0 Å². The van der Waals surface area contributed by atoms with Crippen molar-refractivity contribution in [1.82, 2.24) is 10.2 Å². The smallest absolute Gasteiger partial charge is 0.310 e. The van der Waals surface area contributed by atoms with Gasteiger partial charge in [-0.15, -0.1) is 0 Å². The number of benzene rings is 2. The molecule has 1 aliphatic heterocycles. The van der Waals surface area contributed by atoms with Gasteiger partial charge in [0.15, 0.2) is 0 Å². The molecule has 2 aromatic carbocycles. The molecule has 238 valence electrons. The van der Waals surface area contributed by atoms with Crippen LogP contribution in [0.4, 0.5) is 0 Å². The number of rotatable bonds is 9. The molecule has 4 rings (SSSR count). The van der Waals surface area contributed by atoms with E-state index < -0.39 is 11.6 Å². The van der Waals surface area contributed by atoms with Crippen LogP contribution in [0.1, 0.15) is 101 Å². The molecule has 0 saturated heterocycles. The molecular weight excluding hydrogens is 597 g/mol. The number of hydrogen-bond acceptors (Lipinski definition) is 5. The highest BCUT2D eigenvalue weighted by Gasteiger charge is 2.52. The fourth-order valence-corrected chi connectivity index (χ4v) is 7.07. The number of nitrogens with one attached hydrogen (secondary N) is 1. The van der Waals surface area contributed by atoms with Gasteiger partial charge in [0, 0.05) is 27.7 Å². The summed E-state index contributed by atoms with van der Waals surface area (Å²) < 4.78 is 4.75. The van der Waals surface area contributed by atoms with Crippen LogP contribution in [0.3, 0.4) is 0 Å². The molecule has 9 heteroatoms. The lowest BCUT2D eigenvalue weighted by Gasteiger charge is -2.47. The highest BCUT2D eigenvalue weighted by molar-refractivity contribution is 6.47. The van der Waals surface area contributed by atoms with Gasteiger partial charge in [-0.05, 0) is 85.3 Å². The summed E-state index contributed by atoms with van der Waals surface area (Å²) in [5.41, 5.74) is 1.95. The van der Waals surface area contributed by atoms with Gasteiger partial charge in [-0.1, -0.05) is 76.9 Å². The summed E-state index contributed by atoms with van der Waals surface area (Å²) >= 11 is 12.7. The van der Waals surface area contributed by atoms with Crippen LogP contribution in [-0.4, -0.2) is 47.7 Å². The normalized spacial score (nSPS) is 21.8. The topological polar surface area (TPSA) is 88.1 Å². The maximum atomic E-state index is 14.5. The lowest BCUT2D eigenvalue weighted by atomic mass is 9.69. The molecule has 2 amide bonds. The molecule has 1 fully saturated rings. The average Bonchev–Trinajstić information content (AvgIpc) is 3.24. The minimum Gasteiger partial charge on any atom is -0.469 e. The summed E-state index contributed by atoms with van der Waals surface area (Å²) in [6, 6.07) is 12.3. The van der Waals surface area contributed by atoms with E-state index >= 15 is 0 Å². The first kappa shape index (κ1) is 34.0. The molecule has 2 atom stereocenters. The Balaban J connectivity index is 1.69. The number of hydrogen-bond donors (Lipinski definition) is 1. The number of carbonyl (C=O) groups excluding carboxylic acids is 3. The summed E-state index contributed by atoms with van der Waals surface area (Å²) in [6.45, 7) is 13.0. The number of halogens is 2. The Morgan fingerprint density at radius 1 is 1.05 bits per heavy atom. The molecule has 0 unspecified atom stereocenters. The van der Waals surface area contributed by atoms with Gasteiger partial charge in [0.25, 0.3) is 11.8 Å². The predicted octanol–water partition coefficient (Wildman–Crippen LogP) is 7.88. The van der Waals surface area contributed by atoms with Crippen LogP contribution < -0.4 is 5.32 Å². The van der Waals surface area contributed by atoms with Gasteiger partial charge < -0.3 is 15.0 Å². The molecule has 1 N–H and O–H groups in total. The average molecular weight is 643 g/mol. The first-order valence-electron chi connectivity index (χ1n) is 15.5. The fourth-order valence-electron chi connectivity index (χ4n) is 6.55. The van der Waals surface area contributed by atoms with Crippen molar-refractivity contribution in [2.24, 2.45) is 28.2 Å². The number of nitrogens with zero attached hydrogens (tertiary/aromatic N) is 2. The minimum atomic E-state index is -0.678. The molecule has 1 spiro atoms. The second kappa shape index (κ2) is 13.6. The first-order chi connectivity index (χ1) is 20.6. The highest BCUT2D eigenvalue weighted by atomic mass is 35.5. The zero-order valence-corrected chi connectivity index (χ0v) is 28.4. The summed E-state index contributed by atoms with van der Waals surface area (Å²) in [5.74, 6) is -0.392. The van der Waals surface area contributed by atoms with E-state index in [9.17, 15) is 14.4 Å². The van der Waals surface area contributed by atoms with E-state index in [1.165, 1.54) is 7.11 Å². The van der Waals surface area contributed by atoms with Crippen molar-refractivity contribution in [1.29, 1.82) is 0 Å². The number of methoxy groups -OCH3 is 1. The van der Waals surface area contributed by atoms with E-state index in [1.54, 1.807) is 37.3 Å². The Morgan fingerprint density at radius 3 is 2.16 bits per heavy atom. The standard InChI is InChI=1S/C35H45Cl2N3O4/c1-21(2)16-29(23-8-10-24(11-9-23)31(41)38-20-22(3)33(43)44-7)40-32(42)30(25-17-27(36)19-28(37)18-25)39-35(40)14-12-26(13-15-35)34(4,5)6/h8-11,17-19,21-22,26,29H,12-16,20H2,1-7H3,(H,38,41)/t22-,26?,29-,35?/m1/s1. The van der Waals surface area contributed by atoms with E-state index in [2.05, 4.69) is 39.9 Å². The molecule has 2 aromatic rings. The molecule has 44 heavy (non-hydrogen) atoms. The molecule has 0 aromatic heterocycles. The molecule has 1 heterocycles. The van der Waals surface area contributed by atoms with Gasteiger partial charge in [0.05, 0.1) is 19.1 Å². The lowest BCUT2D eigenvalue weighted by Crippen LogP contribution is -2.51. The summed E-state index contributed by atoms with van der Waals surface area (Å²) in [6.07, 6.45) is 4.21. The summed E-state index contributed by atoms with van der Waals surface area (Å²) in [5, 5.41) is 3.73. The van der Waals surface area contributed by atoms with Crippen LogP contribution in [0.15, 0.2) is 47.5 Å². The first-order valence-corrected chi connectivity index (χ1v) is 16.3. The van der Waals surface area contributed by atoms with Gasteiger partial charge in [-0.25, -0.2) is 0 Å². The monoisotopic (exact) mass is 641 g/mol. The second-order valence-electron chi connectivity index (χ2n) is 13.8. The van der Waals surface area contributed by atoms with Crippen LogP contribution in [0.25, 0.3) is 0 Å². The van der Waals surface area contributed by atoms with Crippen LogP contribution in [0.2, 0.25) is 10.0 Å². The molecule has 0 radical (unpaired) electrons. The third kappa shape index (κ3) is 7.48. The van der Waals surface area contributed by atoms with Gasteiger partial charge in [-0.2, -0.15) is 0 Å². The van der Waals surface area contributed by atoms with Crippen molar-refractivity contribution in [3.05, 3.63) is 69.2 Å². The zero-order valence-electron chi connectivity index (χ0n) is 26.9. The number of ether oxygens (including phenoxy) is 1. The maximum absolute atomic E-state index is 14.5.